The van der Waals surface area contributed by atoms with Gasteiger partial charge in [0.15, 0.2) is 0 Å². The number of nitrogens with zero attached hydrogens (tertiary/aromatic N) is 4. The maximum Gasteiger partial charge on any atom is 0.255 e. The number of morpholine rings is 1. The lowest BCUT2D eigenvalue weighted by Gasteiger charge is -2.34. The van der Waals surface area contributed by atoms with Crippen LogP contribution in [0.25, 0.3) is 0 Å². The molecule has 0 saturated carbocycles. The van der Waals surface area contributed by atoms with Gasteiger partial charge in [0.1, 0.15) is 0 Å². The first kappa shape index (κ1) is 21.3. The van der Waals surface area contributed by atoms with Crippen LogP contribution in [0.5, 0.6) is 0 Å². The maximum absolute atomic E-state index is 12.8. The highest BCUT2D eigenvalue weighted by molar-refractivity contribution is 7.99. The molecule has 2 aliphatic rings. The van der Waals surface area contributed by atoms with Crippen LogP contribution in [0.1, 0.15) is 15.9 Å². The van der Waals surface area contributed by atoms with E-state index in [1.165, 1.54) is 5.56 Å². The number of piperazine rings is 1. The topological polar surface area (TPSA) is 48.9 Å². The summed E-state index contributed by atoms with van der Waals surface area (Å²) in [4.78, 5) is 24.1. The number of rotatable bonds is 7. The smallest absolute Gasteiger partial charge is 0.255 e. The molecule has 0 aliphatic carbocycles. The Morgan fingerprint density at radius 1 is 0.933 bits per heavy atom. The van der Waals surface area contributed by atoms with E-state index in [9.17, 15) is 4.79 Å². The summed E-state index contributed by atoms with van der Waals surface area (Å²) in [6, 6.07) is 14.4. The van der Waals surface area contributed by atoms with E-state index in [-0.39, 0.29) is 5.91 Å². The molecule has 4 rings (SSSR count). The van der Waals surface area contributed by atoms with Crippen LogP contribution < -0.4 is 0 Å². The van der Waals surface area contributed by atoms with Crippen molar-refractivity contribution in [2.24, 2.45) is 0 Å². The molecular weight excluding hydrogens is 396 g/mol. The van der Waals surface area contributed by atoms with E-state index in [0.717, 1.165) is 76.4 Å². The number of ether oxygens (including phenoxy) is 1. The molecule has 2 aliphatic heterocycles. The van der Waals surface area contributed by atoms with Crippen LogP contribution in [0.4, 0.5) is 0 Å². The van der Waals surface area contributed by atoms with E-state index in [1.54, 1.807) is 18.0 Å². The van der Waals surface area contributed by atoms with Crippen LogP contribution >= 0.6 is 11.8 Å². The van der Waals surface area contributed by atoms with Gasteiger partial charge in [-0.25, -0.2) is 4.98 Å². The first-order valence-corrected chi connectivity index (χ1v) is 11.7. The van der Waals surface area contributed by atoms with Crippen LogP contribution in [-0.2, 0) is 11.3 Å². The molecule has 0 N–H and O–H groups in total. The van der Waals surface area contributed by atoms with Gasteiger partial charge < -0.3 is 9.64 Å². The summed E-state index contributed by atoms with van der Waals surface area (Å²) < 4.78 is 5.38. The largest absolute Gasteiger partial charge is 0.379 e. The lowest BCUT2D eigenvalue weighted by Crippen LogP contribution is -2.48. The van der Waals surface area contributed by atoms with Crippen LogP contribution in [0, 0.1) is 0 Å². The normalized spacial score (nSPS) is 18.5. The van der Waals surface area contributed by atoms with Crippen molar-refractivity contribution in [3.8, 4) is 0 Å². The van der Waals surface area contributed by atoms with Gasteiger partial charge >= 0.3 is 0 Å². The molecule has 6 nitrogen and oxygen atoms in total. The molecule has 7 heteroatoms. The summed E-state index contributed by atoms with van der Waals surface area (Å²) in [5.74, 6) is 1.09. The number of benzene rings is 1. The zero-order chi connectivity index (χ0) is 20.6. The molecule has 30 heavy (non-hydrogen) atoms. The zero-order valence-electron chi connectivity index (χ0n) is 17.4. The van der Waals surface area contributed by atoms with Gasteiger partial charge in [-0.2, -0.15) is 0 Å². The second-order valence-electron chi connectivity index (χ2n) is 7.74. The molecule has 1 amide bonds. The van der Waals surface area contributed by atoms with Gasteiger partial charge in [0.2, 0.25) is 0 Å². The Labute approximate surface area is 183 Å². The number of thioether (sulfide) groups is 1. The minimum absolute atomic E-state index is 0.0896. The van der Waals surface area contributed by atoms with Crippen LogP contribution in [-0.4, -0.2) is 90.4 Å². The molecule has 0 atom stereocenters. The van der Waals surface area contributed by atoms with Crippen LogP contribution in [0.2, 0.25) is 0 Å². The average Bonchev–Trinajstić information content (AvgIpc) is 2.81. The fraction of sp³-hybridized carbons (Fsp3) is 0.478. The van der Waals surface area contributed by atoms with Gasteiger partial charge in [0.05, 0.1) is 23.8 Å². The van der Waals surface area contributed by atoms with Crippen molar-refractivity contribution in [3.63, 3.8) is 0 Å². The fourth-order valence-corrected chi connectivity index (χ4v) is 4.68. The summed E-state index contributed by atoms with van der Waals surface area (Å²) in [6.45, 7) is 9.03. The van der Waals surface area contributed by atoms with Gasteiger partial charge in [0.25, 0.3) is 5.91 Å². The van der Waals surface area contributed by atoms with Gasteiger partial charge in [-0.15, -0.1) is 11.8 Å². The van der Waals surface area contributed by atoms with Crippen molar-refractivity contribution < 1.29 is 9.53 Å². The standard InChI is InChI=1S/C23H30N4O2S/c28-23(27-10-8-26(9-11-27)19-20-4-2-1-3-5-20)21-6-7-22(24-18-21)30-17-14-25-12-15-29-16-13-25/h1-7,18H,8-17,19H2. The molecule has 0 radical (unpaired) electrons. The second kappa shape index (κ2) is 10.9. The predicted molar refractivity (Wildman–Crippen MR) is 120 cm³/mol. The highest BCUT2D eigenvalue weighted by Gasteiger charge is 2.22. The Kier molecular flexibility index (Phi) is 7.75. The first-order valence-electron chi connectivity index (χ1n) is 10.7. The fourth-order valence-electron chi connectivity index (χ4n) is 3.83. The Hall–Kier alpha value is -1.93. The number of hydrogen-bond acceptors (Lipinski definition) is 6. The minimum Gasteiger partial charge on any atom is -0.379 e. The summed E-state index contributed by atoms with van der Waals surface area (Å²) in [7, 11) is 0. The summed E-state index contributed by atoms with van der Waals surface area (Å²) in [5.41, 5.74) is 2.01. The molecule has 2 aromatic rings. The Morgan fingerprint density at radius 2 is 1.70 bits per heavy atom. The van der Waals surface area contributed by atoms with Crippen molar-refractivity contribution in [1.82, 2.24) is 19.7 Å². The third kappa shape index (κ3) is 6.04. The Balaban J connectivity index is 1.21. The second-order valence-corrected chi connectivity index (χ2v) is 8.86. The molecule has 1 aromatic carbocycles. The first-order chi connectivity index (χ1) is 14.8. The number of aromatic nitrogens is 1. The monoisotopic (exact) mass is 426 g/mol. The molecule has 3 heterocycles. The number of amides is 1. The average molecular weight is 427 g/mol. The SMILES string of the molecule is O=C(c1ccc(SCCN2CCOCC2)nc1)N1CCN(Cc2ccccc2)CC1. The van der Waals surface area contributed by atoms with Crippen LogP contribution in [0.15, 0.2) is 53.7 Å². The highest BCUT2D eigenvalue weighted by atomic mass is 32.2. The molecule has 0 bridgehead atoms. The third-order valence-electron chi connectivity index (χ3n) is 5.65. The molecule has 0 spiro atoms. The number of carbonyl (C=O) groups excluding carboxylic acids is 1. The van der Waals surface area contributed by atoms with Gasteiger partial charge in [-0.1, -0.05) is 30.3 Å². The molecule has 0 unspecified atom stereocenters. The Morgan fingerprint density at radius 3 is 2.40 bits per heavy atom. The lowest BCUT2D eigenvalue weighted by molar-refractivity contribution is 0.0410. The lowest BCUT2D eigenvalue weighted by atomic mass is 10.2. The summed E-state index contributed by atoms with van der Waals surface area (Å²) in [5, 5.41) is 0.979. The molecule has 2 fully saturated rings. The highest BCUT2D eigenvalue weighted by Crippen LogP contribution is 2.17. The van der Waals surface area contributed by atoms with Gasteiger partial charge in [-0.3, -0.25) is 14.6 Å². The maximum atomic E-state index is 12.8. The van der Waals surface area contributed by atoms with E-state index in [2.05, 4.69) is 39.0 Å². The summed E-state index contributed by atoms with van der Waals surface area (Å²) in [6.07, 6.45) is 1.73. The van der Waals surface area contributed by atoms with E-state index in [4.69, 9.17) is 4.74 Å². The number of pyridine rings is 1. The van der Waals surface area contributed by atoms with E-state index >= 15 is 0 Å². The Bertz CT molecular complexity index is 789. The van der Waals surface area contributed by atoms with Crippen molar-refractivity contribution in [2.75, 3.05) is 64.8 Å². The molecule has 2 saturated heterocycles. The van der Waals surface area contributed by atoms with E-state index in [1.807, 2.05) is 23.1 Å². The third-order valence-corrected chi connectivity index (χ3v) is 6.58. The van der Waals surface area contributed by atoms with E-state index < -0.39 is 0 Å². The van der Waals surface area contributed by atoms with E-state index in [0.29, 0.717) is 5.56 Å². The van der Waals surface area contributed by atoms with Gasteiger partial charge in [0, 0.05) is 64.3 Å². The van der Waals surface area contributed by atoms with Crippen LogP contribution in [0.3, 0.4) is 0 Å². The van der Waals surface area contributed by atoms with Crippen molar-refractivity contribution in [2.45, 2.75) is 11.6 Å². The minimum atomic E-state index is 0.0896. The number of carbonyl (C=O) groups is 1. The summed E-state index contributed by atoms with van der Waals surface area (Å²) >= 11 is 1.75. The van der Waals surface area contributed by atoms with Gasteiger partial charge in [-0.05, 0) is 17.7 Å². The molecule has 160 valence electrons. The molecule has 1 aromatic heterocycles. The zero-order valence-corrected chi connectivity index (χ0v) is 18.2. The predicted octanol–water partition coefficient (Wildman–Crippen LogP) is 2.46. The van der Waals surface area contributed by atoms with Crippen molar-refractivity contribution >= 4 is 17.7 Å². The number of hydrogen-bond donors (Lipinski definition) is 0. The van der Waals surface area contributed by atoms with Crippen molar-refractivity contribution in [1.29, 1.82) is 0 Å². The molecular formula is C23H30N4O2S. The van der Waals surface area contributed by atoms with Crippen molar-refractivity contribution in [3.05, 3.63) is 59.8 Å². The quantitative estimate of drug-likeness (QED) is 0.634.